The maximum absolute atomic E-state index is 9.66. The second-order valence-corrected chi connectivity index (χ2v) is 4.09. The molecule has 0 bridgehead atoms. The lowest BCUT2D eigenvalue weighted by Gasteiger charge is -2.17. The Kier molecular flexibility index (Phi) is 11.1. The predicted octanol–water partition coefficient (Wildman–Crippen LogP) is 0.461. The fourth-order valence-corrected chi connectivity index (χ4v) is 1.87. The van der Waals surface area contributed by atoms with Gasteiger partial charge in [0.05, 0.1) is 6.10 Å². The van der Waals surface area contributed by atoms with Crippen molar-refractivity contribution in [3.05, 3.63) is 0 Å². The van der Waals surface area contributed by atoms with Crippen LogP contribution in [0.5, 0.6) is 0 Å². The van der Waals surface area contributed by atoms with Crippen LogP contribution < -0.4 is 10.6 Å². The Bertz CT molecular complexity index is 143. The molecule has 3 atom stereocenters. The summed E-state index contributed by atoms with van der Waals surface area (Å²) in [5.41, 5.74) is 0. The largest absolute Gasteiger partial charge is 0.391 e. The fourth-order valence-electron chi connectivity index (χ4n) is 1.53. The number of nitrogens with one attached hydrogen (secondary N) is 2. The molecule has 0 amide bonds. The third-order valence-electron chi connectivity index (χ3n) is 2.30. The number of aliphatic hydroxyl groups is 1. The lowest BCUT2D eigenvalue weighted by atomic mass is 10.1. The Hall–Kier alpha value is 0.810. The van der Waals surface area contributed by atoms with Crippen molar-refractivity contribution in [2.45, 2.75) is 30.2 Å². The van der Waals surface area contributed by atoms with Crippen LogP contribution in [0.3, 0.4) is 0 Å². The van der Waals surface area contributed by atoms with Crippen molar-refractivity contribution in [3.63, 3.8) is 0 Å². The quantitative estimate of drug-likeness (QED) is 0.557. The van der Waals surface area contributed by atoms with E-state index in [-0.39, 0.29) is 37.0 Å². The summed E-state index contributed by atoms with van der Waals surface area (Å²) in [4.78, 5) is 0. The molecule has 14 heavy (non-hydrogen) atoms. The van der Waals surface area contributed by atoms with Gasteiger partial charge in [0.2, 0.25) is 0 Å². The second-order valence-electron chi connectivity index (χ2n) is 3.36. The van der Waals surface area contributed by atoms with Gasteiger partial charge in [-0.25, -0.2) is 0 Å². The highest BCUT2D eigenvalue weighted by atomic mass is 35.5. The number of hydrogen-bond donors (Lipinski definition) is 4. The van der Waals surface area contributed by atoms with E-state index in [9.17, 15) is 5.11 Å². The Morgan fingerprint density at radius 3 is 2.64 bits per heavy atom. The van der Waals surface area contributed by atoms with Gasteiger partial charge >= 0.3 is 0 Å². The summed E-state index contributed by atoms with van der Waals surface area (Å²) in [6.45, 7) is 1.79. The van der Waals surface area contributed by atoms with E-state index in [1.807, 2.05) is 7.05 Å². The van der Waals surface area contributed by atoms with E-state index in [0.717, 1.165) is 25.9 Å². The van der Waals surface area contributed by atoms with Crippen LogP contribution in [-0.4, -0.2) is 42.6 Å². The Morgan fingerprint density at radius 1 is 1.57 bits per heavy atom. The van der Waals surface area contributed by atoms with E-state index in [1.165, 1.54) is 0 Å². The van der Waals surface area contributed by atoms with Crippen LogP contribution in [0.15, 0.2) is 0 Å². The topological polar surface area (TPSA) is 44.3 Å². The fraction of sp³-hybridized carbons (Fsp3) is 1.00. The van der Waals surface area contributed by atoms with Gasteiger partial charge in [0.15, 0.2) is 0 Å². The minimum Gasteiger partial charge on any atom is -0.391 e. The van der Waals surface area contributed by atoms with E-state index < -0.39 is 0 Å². The highest BCUT2D eigenvalue weighted by Crippen LogP contribution is 2.15. The molecule has 0 aromatic rings. The van der Waals surface area contributed by atoms with Crippen LogP contribution in [0.4, 0.5) is 0 Å². The van der Waals surface area contributed by atoms with Crippen molar-refractivity contribution in [1.82, 2.24) is 10.6 Å². The van der Waals surface area contributed by atoms with Gasteiger partial charge in [0.25, 0.3) is 0 Å². The van der Waals surface area contributed by atoms with Gasteiger partial charge in [-0.3, -0.25) is 0 Å². The molecule has 6 heteroatoms. The predicted molar refractivity (Wildman–Crippen MR) is 68.2 cm³/mol. The summed E-state index contributed by atoms with van der Waals surface area (Å²) >= 11 is 4.35. The molecule has 0 spiro atoms. The highest BCUT2D eigenvalue weighted by molar-refractivity contribution is 7.81. The van der Waals surface area contributed by atoms with Crippen LogP contribution >= 0.6 is 37.4 Å². The van der Waals surface area contributed by atoms with E-state index in [4.69, 9.17) is 0 Å². The Labute approximate surface area is 104 Å². The van der Waals surface area contributed by atoms with Gasteiger partial charge in [-0.2, -0.15) is 12.6 Å². The standard InChI is InChI=1S/C8H18N2OS.2ClH/c1-9-3-2-8(11)7-4-6(12)5-10-7;;/h6-12H,2-5H2,1H3;2*1H/t6-,7-,8+;;/m0../s1. The van der Waals surface area contributed by atoms with Crippen LogP contribution in [0, 0.1) is 0 Å². The molecule has 3 N–H and O–H groups in total. The zero-order valence-electron chi connectivity index (χ0n) is 8.27. The zero-order chi connectivity index (χ0) is 8.97. The van der Waals surface area contributed by atoms with E-state index >= 15 is 0 Å². The molecule has 0 aromatic carbocycles. The van der Waals surface area contributed by atoms with Gasteiger partial charge in [-0.15, -0.1) is 24.8 Å². The molecule has 88 valence electrons. The molecule has 1 aliphatic heterocycles. The minimum atomic E-state index is -0.227. The normalized spacial score (nSPS) is 27.6. The number of thiol groups is 1. The van der Waals surface area contributed by atoms with Gasteiger partial charge in [0.1, 0.15) is 0 Å². The summed E-state index contributed by atoms with van der Waals surface area (Å²) in [6, 6.07) is 0.251. The highest BCUT2D eigenvalue weighted by Gasteiger charge is 2.26. The van der Waals surface area contributed by atoms with Crippen molar-refractivity contribution in [2.75, 3.05) is 20.1 Å². The molecule has 1 aliphatic rings. The van der Waals surface area contributed by atoms with Crippen LogP contribution in [0.1, 0.15) is 12.8 Å². The first-order valence-corrected chi connectivity index (χ1v) is 4.99. The summed E-state index contributed by atoms with van der Waals surface area (Å²) in [7, 11) is 1.90. The van der Waals surface area contributed by atoms with Crippen LogP contribution in [0.2, 0.25) is 0 Å². The van der Waals surface area contributed by atoms with Crippen molar-refractivity contribution >= 4 is 37.4 Å². The molecule has 1 heterocycles. The first kappa shape index (κ1) is 17.2. The second kappa shape index (κ2) is 9.07. The third kappa shape index (κ3) is 5.63. The van der Waals surface area contributed by atoms with Crippen molar-refractivity contribution in [3.8, 4) is 0 Å². The lowest BCUT2D eigenvalue weighted by molar-refractivity contribution is 0.127. The van der Waals surface area contributed by atoms with Crippen molar-refractivity contribution in [2.24, 2.45) is 0 Å². The summed E-state index contributed by atoms with van der Waals surface area (Å²) < 4.78 is 0. The minimum absolute atomic E-state index is 0. The molecular formula is C8H20Cl2N2OS. The van der Waals surface area contributed by atoms with Crippen LogP contribution in [-0.2, 0) is 0 Å². The molecule has 3 nitrogen and oxygen atoms in total. The smallest absolute Gasteiger partial charge is 0.0705 e. The maximum atomic E-state index is 9.66. The number of rotatable bonds is 4. The third-order valence-corrected chi connectivity index (χ3v) is 2.69. The number of halogens is 2. The average molecular weight is 263 g/mol. The SMILES string of the molecule is CNCC[C@@H](O)[C@@H]1C[C@H](S)CN1.Cl.Cl. The van der Waals surface area contributed by atoms with E-state index in [1.54, 1.807) is 0 Å². The number of aliphatic hydroxyl groups excluding tert-OH is 1. The zero-order valence-corrected chi connectivity index (χ0v) is 10.8. The van der Waals surface area contributed by atoms with Crippen molar-refractivity contribution < 1.29 is 5.11 Å². The molecule has 0 aromatic heterocycles. The summed E-state index contributed by atoms with van der Waals surface area (Å²) in [5.74, 6) is 0. The monoisotopic (exact) mass is 262 g/mol. The lowest BCUT2D eigenvalue weighted by Crippen LogP contribution is -2.36. The van der Waals surface area contributed by atoms with Gasteiger partial charge in [0, 0.05) is 17.8 Å². The van der Waals surface area contributed by atoms with E-state index in [2.05, 4.69) is 23.3 Å². The van der Waals surface area contributed by atoms with Crippen LogP contribution in [0.25, 0.3) is 0 Å². The maximum Gasteiger partial charge on any atom is 0.0705 e. The Morgan fingerprint density at radius 2 is 2.21 bits per heavy atom. The van der Waals surface area contributed by atoms with Gasteiger partial charge in [-0.1, -0.05) is 0 Å². The first-order valence-electron chi connectivity index (χ1n) is 4.48. The van der Waals surface area contributed by atoms with Gasteiger partial charge < -0.3 is 15.7 Å². The van der Waals surface area contributed by atoms with Gasteiger partial charge in [-0.05, 0) is 26.4 Å². The van der Waals surface area contributed by atoms with E-state index in [0.29, 0.717) is 5.25 Å². The molecular weight excluding hydrogens is 243 g/mol. The first-order chi connectivity index (χ1) is 5.74. The molecule has 1 fully saturated rings. The molecule has 0 unspecified atom stereocenters. The van der Waals surface area contributed by atoms with Crippen molar-refractivity contribution in [1.29, 1.82) is 0 Å². The Balaban J connectivity index is 0. The average Bonchev–Trinajstić information content (AvgIpc) is 2.47. The molecule has 0 radical (unpaired) electrons. The molecule has 0 saturated carbocycles. The summed E-state index contributed by atoms with van der Waals surface area (Å²) in [5, 5.41) is 16.4. The summed E-state index contributed by atoms with van der Waals surface area (Å²) in [6.07, 6.45) is 1.57. The molecule has 0 aliphatic carbocycles. The molecule has 1 saturated heterocycles. The molecule has 1 rings (SSSR count). The number of hydrogen-bond acceptors (Lipinski definition) is 4.